The molecule has 3 unspecified atom stereocenters. The molecule has 1 fully saturated rings. The molecule has 1 saturated carbocycles. The van der Waals surface area contributed by atoms with Crippen LogP contribution in [-0.4, -0.2) is 0 Å². The zero-order chi connectivity index (χ0) is 12.6. The SMILES string of the molecule is CCC(C)(C)C1(C)CC1C(C)CCC(C)C. The van der Waals surface area contributed by atoms with Gasteiger partial charge in [0.2, 0.25) is 0 Å². The molecule has 0 aliphatic heterocycles. The lowest BCUT2D eigenvalue weighted by atomic mass is 9.72. The van der Waals surface area contributed by atoms with Crippen LogP contribution in [0.3, 0.4) is 0 Å². The van der Waals surface area contributed by atoms with E-state index in [-0.39, 0.29) is 0 Å². The molecule has 3 atom stereocenters. The van der Waals surface area contributed by atoms with Gasteiger partial charge in [-0.3, -0.25) is 0 Å². The van der Waals surface area contributed by atoms with E-state index in [1.54, 1.807) is 0 Å². The fourth-order valence-corrected chi connectivity index (χ4v) is 3.21. The molecule has 0 N–H and O–H groups in total. The quantitative estimate of drug-likeness (QED) is 0.557. The van der Waals surface area contributed by atoms with Crippen LogP contribution in [0.5, 0.6) is 0 Å². The highest BCUT2D eigenvalue weighted by molar-refractivity contribution is 5.08. The molecule has 0 amide bonds. The Morgan fingerprint density at radius 1 is 1.19 bits per heavy atom. The number of hydrogen-bond donors (Lipinski definition) is 0. The van der Waals surface area contributed by atoms with E-state index in [1.165, 1.54) is 25.7 Å². The van der Waals surface area contributed by atoms with E-state index < -0.39 is 0 Å². The summed E-state index contributed by atoms with van der Waals surface area (Å²) in [5, 5.41) is 0. The van der Waals surface area contributed by atoms with Gasteiger partial charge < -0.3 is 0 Å². The normalized spacial score (nSPS) is 31.9. The maximum absolute atomic E-state index is 2.52. The molecule has 1 aliphatic rings. The van der Waals surface area contributed by atoms with E-state index >= 15 is 0 Å². The molecule has 0 radical (unpaired) electrons. The topological polar surface area (TPSA) is 0 Å². The predicted molar refractivity (Wildman–Crippen MR) is 73.5 cm³/mol. The van der Waals surface area contributed by atoms with Crippen LogP contribution >= 0.6 is 0 Å². The Balaban J connectivity index is 2.48. The van der Waals surface area contributed by atoms with Crippen molar-refractivity contribution in [3.63, 3.8) is 0 Å². The van der Waals surface area contributed by atoms with Crippen molar-refractivity contribution in [1.29, 1.82) is 0 Å². The smallest absolute Gasteiger partial charge is 0.0241 e. The van der Waals surface area contributed by atoms with Gasteiger partial charge in [0, 0.05) is 0 Å². The van der Waals surface area contributed by atoms with Crippen LogP contribution in [0, 0.1) is 28.6 Å². The van der Waals surface area contributed by atoms with Crippen molar-refractivity contribution in [3.05, 3.63) is 0 Å². The molecule has 1 aliphatic carbocycles. The second kappa shape index (κ2) is 4.70. The monoisotopic (exact) mass is 224 g/mol. The lowest BCUT2D eigenvalue weighted by molar-refractivity contribution is 0.160. The Kier molecular flexibility index (Phi) is 4.13. The van der Waals surface area contributed by atoms with Crippen LogP contribution in [-0.2, 0) is 0 Å². The first kappa shape index (κ1) is 14.1. The maximum atomic E-state index is 2.52. The van der Waals surface area contributed by atoms with Crippen molar-refractivity contribution in [2.24, 2.45) is 28.6 Å². The highest BCUT2D eigenvalue weighted by Crippen LogP contribution is 2.67. The Hall–Kier alpha value is 0. The second-order valence-corrected chi connectivity index (χ2v) is 7.41. The van der Waals surface area contributed by atoms with Crippen LogP contribution in [0.2, 0.25) is 0 Å². The number of rotatable bonds is 6. The van der Waals surface area contributed by atoms with Gasteiger partial charge in [0.25, 0.3) is 0 Å². The standard InChI is InChI=1S/C16H32/c1-8-15(5,6)16(7)11-14(16)13(4)10-9-12(2)3/h12-14H,8-11H2,1-7H3. The summed E-state index contributed by atoms with van der Waals surface area (Å²) in [6, 6.07) is 0. The first-order valence-electron chi connectivity index (χ1n) is 7.24. The van der Waals surface area contributed by atoms with Gasteiger partial charge in [-0.15, -0.1) is 0 Å². The molecule has 16 heavy (non-hydrogen) atoms. The van der Waals surface area contributed by atoms with Crippen molar-refractivity contribution in [2.75, 3.05) is 0 Å². The lowest BCUT2D eigenvalue weighted by Crippen LogP contribution is -2.25. The molecule has 0 saturated heterocycles. The number of hydrogen-bond acceptors (Lipinski definition) is 0. The highest BCUT2D eigenvalue weighted by atomic mass is 14.6. The van der Waals surface area contributed by atoms with Gasteiger partial charge in [0.1, 0.15) is 0 Å². The summed E-state index contributed by atoms with van der Waals surface area (Å²) in [6.07, 6.45) is 5.61. The zero-order valence-corrected chi connectivity index (χ0v) is 12.6. The lowest BCUT2D eigenvalue weighted by Gasteiger charge is -2.33. The third-order valence-corrected chi connectivity index (χ3v) is 5.62. The molecule has 96 valence electrons. The molecular formula is C16H32. The Morgan fingerprint density at radius 3 is 2.19 bits per heavy atom. The van der Waals surface area contributed by atoms with E-state index in [9.17, 15) is 0 Å². The van der Waals surface area contributed by atoms with Crippen LogP contribution < -0.4 is 0 Å². The molecule has 0 aromatic carbocycles. The molecule has 0 heteroatoms. The third-order valence-electron chi connectivity index (χ3n) is 5.62. The van der Waals surface area contributed by atoms with Crippen LogP contribution in [0.15, 0.2) is 0 Å². The zero-order valence-electron chi connectivity index (χ0n) is 12.6. The summed E-state index contributed by atoms with van der Waals surface area (Å²) in [5.74, 6) is 2.78. The molecule has 0 aromatic rings. The van der Waals surface area contributed by atoms with Crippen molar-refractivity contribution >= 4 is 0 Å². The van der Waals surface area contributed by atoms with Crippen molar-refractivity contribution in [1.82, 2.24) is 0 Å². The largest absolute Gasteiger partial charge is 0.0649 e. The van der Waals surface area contributed by atoms with E-state index in [1.807, 2.05) is 0 Å². The van der Waals surface area contributed by atoms with Gasteiger partial charge in [-0.1, -0.05) is 67.7 Å². The van der Waals surface area contributed by atoms with Gasteiger partial charge in [0.05, 0.1) is 0 Å². The molecular weight excluding hydrogens is 192 g/mol. The molecule has 1 rings (SSSR count). The predicted octanol–water partition coefficient (Wildman–Crippen LogP) is 5.52. The summed E-state index contributed by atoms with van der Waals surface area (Å²) in [7, 11) is 0. The minimum atomic E-state index is 0.532. The molecule has 0 nitrogen and oxygen atoms in total. The highest BCUT2D eigenvalue weighted by Gasteiger charge is 2.59. The first-order chi connectivity index (χ1) is 7.24. The molecule has 0 spiro atoms. The summed E-state index contributed by atoms with van der Waals surface area (Å²) in [6.45, 7) is 16.9. The fourth-order valence-electron chi connectivity index (χ4n) is 3.21. The van der Waals surface area contributed by atoms with Crippen LogP contribution in [0.25, 0.3) is 0 Å². The van der Waals surface area contributed by atoms with E-state index in [0.717, 1.165) is 17.8 Å². The van der Waals surface area contributed by atoms with E-state index in [2.05, 4.69) is 48.5 Å². The van der Waals surface area contributed by atoms with Gasteiger partial charge >= 0.3 is 0 Å². The Morgan fingerprint density at radius 2 is 1.75 bits per heavy atom. The van der Waals surface area contributed by atoms with Crippen molar-refractivity contribution < 1.29 is 0 Å². The third kappa shape index (κ3) is 2.63. The van der Waals surface area contributed by atoms with E-state index in [0.29, 0.717) is 10.8 Å². The van der Waals surface area contributed by atoms with Crippen LogP contribution in [0.4, 0.5) is 0 Å². The first-order valence-corrected chi connectivity index (χ1v) is 7.24. The van der Waals surface area contributed by atoms with Gasteiger partial charge in [-0.25, -0.2) is 0 Å². The molecule has 0 heterocycles. The molecule has 0 aromatic heterocycles. The Bertz CT molecular complexity index is 226. The Labute approximate surface area is 103 Å². The summed E-state index contributed by atoms with van der Waals surface area (Å²) in [5.41, 5.74) is 1.15. The second-order valence-electron chi connectivity index (χ2n) is 7.41. The minimum Gasteiger partial charge on any atom is -0.0649 e. The summed E-state index contributed by atoms with van der Waals surface area (Å²) in [4.78, 5) is 0. The molecule has 0 bridgehead atoms. The van der Waals surface area contributed by atoms with Gasteiger partial charge in [-0.05, 0) is 35.0 Å². The fraction of sp³-hybridized carbons (Fsp3) is 1.00. The summed E-state index contributed by atoms with van der Waals surface area (Å²) >= 11 is 0. The summed E-state index contributed by atoms with van der Waals surface area (Å²) < 4.78 is 0. The van der Waals surface area contributed by atoms with E-state index in [4.69, 9.17) is 0 Å². The van der Waals surface area contributed by atoms with Gasteiger partial charge in [-0.2, -0.15) is 0 Å². The van der Waals surface area contributed by atoms with Crippen LogP contribution in [0.1, 0.15) is 74.1 Å². The average Bonchev–Trinajstić information content (AvgIpc) is 2.89. The average molecular weight is 224 g/mol. The van der Waals surface area contributed by atoms with Crippen molar-refractivity contribution in [3.8, 4) is 0 Å². The van der Waals surface area contributed by atoms with Crippen molar-refractivity contribution in [2.45, 2.75) is 74.1 Å². The minimum absolute atomic E-state index is 0.532. The maximum Gasteiger partial charge on any atom is -0.0241 e. The van der Waals surface area contributed by atoms with Gasteiger partial charge in [0.15, 0.2) is 0 Å².